The Morgan fingerprint density at radius 3 is 2.56 bits per heavy atom. The zero-order valence-corrected chi connectivity index (χ0v) is 17.3. The smallest absolute Gasteiger partial charge is 0.343 e. The SMILES string of the molecule is CC(=O)Oc1ccc([N+](=O)[O-])cc1-c1ccc(/C=C2\C=C(c3ccc(Cl)cc3)OC2=O)o1. The predicted octanol–water partition coefficient (Wildman–Crippen LogP) is 5.41. The quantitative estimate of drug-likeness (QED) is 0.167. The number of hydrogen-bond acceptors (Lipinski definition) is 7. The van der Waals surface area contributed by atoms with E-state index in [0.717, 1.165) is 0 Å². The van der Waals surface area contributed by atoms with E-state index in [1.165, 1.54) is 31.2 Å². The molecule has 3 aromatic rings. The van der Waals surface area contributed by atoms with Crippen LogP contribution in [0, 0.1) is 10.1 Å². The van der Waals surface area contributed by atoms with Crippen molar-refractivity contribution in [2.45, 2.75) is 6.92 Å². The summed E-state index contributed by atoms with van der Waals surface area (Å²) in [6.45, 7) is 1.22. The van der Waals surface area contributed by atoms with Crippen molar-refractivity contribution in [2.24, 2.45) is 0 Å². The van der Waals surface area contributed by atoms with Crippen LogP contribution in [-0.4, -0.2) is 16.9 Å². The Morgan fingerprint density at radius 1 is 1.12 bits per heavy atom. The number of carbonyl (C=O) groups excluding carboxylic acids is 2. The highest BCUT2D eigenvalue weighted by molar-refractivity contribution is 6.30. The zero-order chi connectivity index (χ0) is 22.8. The van der Waals surface area contributed by atoms with Gasteiger partial charge in [-0.25, -0.2) is 4.79 Å². The number of furan rings is 1. The highest BCUT2D eigenvalue weighted by atomic mass is 35.5. The molecule has 0 N–H and O–H groups in total. The molecular formula is C23H14ClNO7. The summed E-state index contributed by atoms with van der Waals surface area (Å²) in [6.07, 6.45) is 3.06. The first-order valence-electron chi connectivity index (χ1n) is 9.29. The van der Waals surface area contributed by atoms with Gasteiger partial charge in [0.1, 0.15) is 23.0 Å². The van der Waals surface area contributed by atoms with E-state index in [1.54, 1.807) is 42.5 Å². The number of hydrogen-bond donors (Lipinski definition) is 0. The van der Waals surface area contributed by atoms with Crippen molar-refractivity contribution < 1.29 is 28.4 Å². The van der Waals surface area contributed by atoms with Gasteiger partial charge >= 0.3 is 11.9 Å². The lowest BCUT2D eigenvalue weighted by atomic mass is 10.1. The summed E-state index contributed by atoms with van der Waals surface area (Å²) in [7, 11) is 0. The molecular weight excluding hydrogens is 438 g/mol. The molecule has 1 aromatic heterocycles. The molecule has 0 saturated carbocycles. The molecule has 0 unspecified atom stereocenters. The van der Waals surface area contributed by atoms with E-state index in [0.29, 0.717) is 22.1 Å². The van der Waals surface area contributed by atoms with Gasteiger partial charge in [0.2, 0.25) is 0 Å². The van der Waals surface area contributed by atoms with Gasteiger partial charge in [0, 0.05) is 29.6 Å². The molecule has 160 valence electrons. The number of benzene rings is 2. The lowest BCUT2D eigenvalue weighted by Crippen LogP contribution is -2.03. The van der Waals surface area contributed by atoms with Crippen molar-refractivity contribution in [1.29, 1.82) is 0 Å². The summed E-state index contributed by atoms with van der Waals surface area (Å²) in [5, 5.41) is 11.7. The summed E-state index contributed by atoms with van der Waals surface area (Å²) < 4.78 is 16.2. The molecule has 0 fully saturated rings. The molecule has 0 bridgehead atoms. The van der Waals surface area contributed by atoms with Gasteiger partial charge in [0.25, 0.3) is 5.69 Å². The minimum absolute atomic E-state index is 0.113. The van der Waals surface area contributed by atoms with E-state index < -0.39 is 16.9 Å². The maximum Gasteiger partial charge on any atom is 0.343 e. The fourth-order valence-corrected chi connectivity index (χ4v) is 3.17. The molecule has 9 heteroatoms. The van der Waals surface area contributed by atoms with Crippen LogP contribution < -0.4 is 4.74 Å². The Labute approximate surface area is 186 Å². The first-order valence-corrected chi connectivity index (χ1v) is 9.66. The first kappa shape index (κ1) is 21.1. The van der Waals surface area contributed by atoms with Gasteiger partial charge in [0.15, 0.2) is 0 Å². The fraction of sp³-hybridized carbons (Fsp3) is 0.0435. The number of halogens is 1. The molecule has 2 aromatic carbocycles. The second-order valence-electron chi connectivity index (χ2n) is 6.74. The number of nitro groups is 1. The molecule has 1 aliphatic heterocycles. The van der Waals surface area contributed by atoms with Crippen LogP contribution in [0.5, 0.6) is 5.75 Å². The number of non-ortho nitro benzene ring substituents is 1. The third-order valence-electron chi connectivity index (χ3n) is 4.47. The third kappa shape index (κ3) is 4.45. The van der Waals surface area contributed by atoms with Crippen molar-refractivity contribution in [1.82, 2.24) is 0 Å². The van der Waals surface area contributed by atoms with Crippen molar-refractivity contribution in [3.63, 3.8) is 0 Å². The normalized spacial score (nSPS) is 14.2. The van der Waals surface area contributed by atoms with Gasteiger partial charge in [-0.3, -0.25) is 14.9 Å². The lowest BCUT2D eigenvalue weighted by Gasteiger charge is -2.06. The van der Waals surface area contributed by atoms with E-state index >= 15 is 0 Å². The van der Waals surface area contributed by atoms with Gasteiger partial charge in [-0.1, -0.05) is 11.6 Å². The van der Waals surface area contributed by atoms with Gasteiger partial charge in [-0.05, 0) is 54.6 Å². The van der Waals surface area contributed by atoms with Crippen molar-refractivity contribution >= 4 is 41.1 Å². The standard InChI is InChI=1S/C23H14ClNO7/c1-13(26)30-20-8-6-17(25(28)29)12-19(20)21-9-7-18(31-21)10-15-11-22(32-23(15)27)14-2-4-16(24)5-3-14/h2-12H,1H3/b15-10+. The number of nitrogens with zero attached hydrogens (tertiary/aromatic N) is 1. The fourth-order valence-electron chi connectivity index (χ4n) is 3.04. The van der Waals surface area contributed by atoms with E-state index in [9.17, 15) is 19.7 Å². The Bertz CT molecular complexity index is 1300. The number of cyclic esters (lactones) is 1. The molecule has 8 nitrogen and oxygen atoms in total. The van der Waals surface area contributed by atoms with Crippen LogP contribution >= 0.6 is 11.6 Å². The molecule has 0 spiro atoms. The molecule has 0 saturated heterocycles. The summed E-state index contributed by atoms with van der Waals surface area (Å²) in [6, 6.07) is 13.8. The van der Waals surface area contributed by atoms with E-state index in [-0.39, 0.29) is 28.3 Å². The topological polar surface area (TPSA) is 109 Å². The zero-order valence-electron chi connectivity index (χ0n) is 16.5. The van der Waals surface area contributed by atoms with Crippen LogP contribution in [0.2, 0.25) is 5.02 Å². The highest BCUT2D eigenvalue weighted by Gasteiger charge is 2.23. The summed E-state index contributed by atoms with van der Waals surface area (Å²) in [4.78, 5) is 34.2. The minimum atomic E-state index is -0.581. The summed E-state index contributed by atoms with van der Waals surface area (Å²) in [5.74, 6) is -0.111. The van der Waals surface area contributed by atoms with Crippen molar-refractivity contribution in [3.05, 3.63) is 92.7 Å². The molecule has 0 atom stereocenters. The monoisotopic (exact) mass is 451 g/mol. The Balaban J connectivity index is 1.67. The van der Waals surface area contributed by atoms with Crippen LogP contribution in [0.1, 0.15) is 18.2 Å². The predicted molar refractivity (Wildman–Crippen MR) is 116 cm³/mol. The first-order chi connectivity index (χ1) is 15.3. The average molecular weight is 452 g/mol. The lowest BCUT2D eigenvalue weighted by molar-refractivity contribution is -0.384. The highest BCUT2D eigenvalue weighted by Crippen LogP contribution is 2.36. The number of esters is 2. The molecule has 0 amide bonds. The van der Waals surface area contributed by atoms with Gasteiger partial charge in [-0.2, -0.15) is 0 Å². The van der Waals surface area contributed by atoms with E-state index in [1.807, 2.05) is 0 Å². The third-order valence-corrected chi connectivity index (χ3v) is 4.72. The Morgan fingerprint density at radius 2 is 1.88 bits per heavy atom. The van der Waals surface area contributed by atoms with Crippen LogP contribution in [0.25, 0.3) is 23.2 Å². The second-order valence-corrected chi connectivity index (χ2v) is 7.17. The van der Waals surface area contributed by atoms with E-state index in [4.69, 9.17) is 25.5 Å². The molecule has 0 radical (unpaired) electrons. The number of carbonyl (C=O) groups is 2. The van der Waals surface area contributed by atoms with Gasteiger partial charge in [-0.15, -0.1) is 0 Å². The molecule has 32 heavy (non-hydrogen) atoms. The Hall–Kier alpha value is -4.17. The van der Waals surface area contributed by atoms with Crippen LogP contribution in [0.15, 0.2) is 70.7 Å². The Kier molecular flexibility index (Phi) is 5.61. The summed E-state index contributed by atoms with van der Waals surface area (Å²) in [5.41, 5.74) is 0.983. The van der Waals surface area contributed by atoms with Crippen LogP contribution in [0.3, 0.4) is 0 Å². The number of ether oxygens (including phenoxy) is 2. The van der Waals surface area contributed by atoms with Crippen molar-refractivity contribution in [3.8, 4) is 17.1 Å². The second kappa shape index (κ2) is 8.52. The number of nitro benzene ring substituents is 1. The van der Waals surface area contributed by atoms with Crippen LogP contribution in [0.4, 0.5) is 5.69 Å². The van der Waals surface area contributed by atoms with E-state index in [2.05, 4.69) is 0 Å². The van der Waals surface area contributed by atoms with Gasteiger partial charge in [0.05, 0.1) is 16.1 Å². The minimum Gasteiger partial charge on any atom is -0.457 e. The summed E-state index contributed by atoms with van der Waals surface area (Å²) >= 11 is 5.89. The van der Waals surface area contributed by atoms with Crippen molar-refractivity contribution in [2.75, 3.05) is 0 Å². The molecule has 4 rings (SSSR count). The average Bonchev–Trinajstić information content (AvgIpc) is 3.35. The number of rotatable bonds is 5. The van der Waals surface area contributed by atoms with Gasteiger partial charge < -0.3 is 13.9 Å². The molecule has 1 aliphatic rings. The maximum atomic E-state index is 12.3. The van der Waals surface area contributed by atoms with Crippen LogP contribution in [-0.2, 0) is 14.3 Å². The molecule has 0 aliphatic carbocycles. The molecule has 2 heterocycles. The maximum absolute atomic E-state index is 12.3. The largest absolute Gasteiger partial charge is 0.457 e.